The zero-order chi connectivity index (χ0) is 19.3. The van der Waals surface area contributed by atoms with Crippen molar-refractivity contribution in [3.8, 4) is 28.3 Å². The maximum atomic E-state index is 12.5. The molecule has 7 heteroatoms. The number of rotatable bonds is 6. The fourth-order valence-electron chi connectivity index (χ4n) is 2.83. The van der Waals surface area contributed by atoms with Crippen molar-refractivity contribution < 1.29 is 9.53 Å². The molecule has 6 nitrogen and oxygen atoms in total. The van der Waals surface area contributed by atoms with Gasteiger partial charge in [-0.3, -0.25) is 9.89 Å². The average molecular weight is 390 g/mol. The fraction of sp³-hybridized carbons (Fsp3) is 0.0952. The minimum Gasteiger partial charge on any atom is -0.497 e. The number of carbonyl (C=O) groups is 1. The molecule has 0 bridgehead atoms. The Morgan fingerprint density at radius 2 is 1.89 bits per heavy atom. The molecule has 1 amide bonds. The van der Waals surface area contributed by atoms with Crippen LogP contribution in [0, 0.1) is 0 Å². The molecular formula is C21H18N4O2S. The van der Waals surface area contributed by atoms with Gasteiger partial charge in [-0.2, -0.15) is 5.10 Å². The molecule has 4 rings (SSSR count). The topological polar surface area (TPSA) is 79.9 Å². The van der Waals surface area contributed by atoms with Crippen LogP contribution < -0.4 is 10.1 Å². The number of hydrogen-bond acceptors (Lipinski definition) is 5. The molecule has 0 atom stereocenters. The molecule has 0 spiro atoms. The molecule has 0 saturated carbocycles. The van der Waals surface area contributed by atoms with Gasteiger partial charge in [0.15, 0.2) is 0 Å². The van der Waals surface area contributed by atoms with Gasteiger partial charge in [0.25, 0.3) is 5.91 Å². The third-order valence-corrected chi connectivity index (χ3v) is 5.14. The Morgan fingerprint density at radius 1 is 1.11 bits per heavy atom. The lowest BCUT2D eigenvalue weighted by molar-refractivity contribution is 0.0946. The van der Waals surface area contributed by atoms with E-state index in [0.29, 0.717) is 17.9 Å². The second kappa shape index (κ2) is 8.06. The summed E-state index contributed by atoms with van der Waals surface area (Å²) in [5, 5.41) is 9.98. The summed E-state index contributed by atoms with van der Waals surface area (Å²) in [4.78, 5) is 18.0. The van der Waals surface area contributed by atoms with Crippen molar-refractivity contribution >= 4 is 17.2 Å². The van der Waals surface area contributed by atoms with Crippen molar-refractivity contribution in [2.45, 2.75) is 6.54 Å². The molecule has 2 N–H and O–H groups in total. The SMILES string of the molecule is COc1ccc(-c2cc(C(=O)NCc3scnc3-c3ccccc3)[nH]n2)cc1. The molecule has 28 heavy (non-hydrogen) atoms. The minimum atomic E-state index is -0.209. The zero-order valence-corrected chi connectivity index (χ0v) is 16.0. The van der Waals surface area contributed by atoms with Crippen molar-refractivity contribution in [1.29, 1.82) is 0 Å². The highest BCUT2D eigenvalue weighted by molar-refractivity contribution is 7.10. The summed E-state index contributed by atoms with van der Waals surface area (Å²) in [5.41, 5.74) is 5.75. The molecule has 140 valence electrons. The summed E-state index contributed by atoms with van der Waals surface area (Å²) < 4.78 is 5.16. The predicted molar refractivity (Wildman–Crippen MR) is 109 cm³/mol. The van der Waals surface area contributed by atoms with Gasteiger partial charge in [0.2, 0.25) is 0 Å². The van der Waals surface area contributed by atoms with E-state index in [1.54, 1.807) is 18.7 Å². The van der Waals surface area contributed by atoms with E-state index in [1.165, 1.54) is 11.3 Å². The number of aromatic amines is 1. The number of carbonyl (C=O) groups excluding carboxylic acids is 1. The van der Waals surface area contributed by atoms with E-state index in [1.807, 2.05) is 54.6 Å². The molecule has 2 aromatic heterocycles. The van der Waals surface area contributed by atoms with Crippen molar-refractivity contribution in [2.75, 3.05) is 7.11 Å². The third kappa shape index (κ3) is 3.79. The molecule has 0 aliphatic carbocycles. The molecule has 0 fully saturated rings. The van der Waals surface area contributed by atoms with Crippen LogP contribution in [0.3, 0.4) is 0 Å². The number of ether oxygens (including phenoxy) is 1. The van der Waals surface area contributed by atoms with Crippen LogP contribution in [0.5, 0.6) is 5.75 Å². The molecule has 0 aliphatic heterocycles. The van der Waals surface area contributed by atoms with Gasteiger partial charge in [-0.15, -0.1) is 11.3 Å². The Balaban J connectivity index is 1.44. The Kier molecular flexibility index (Phi) is 5.16. The van der Waals surface area contributed by atoms with Gasteiger partial charge in [-0.1, -0.05) is 30.3 Å². The van der Waals surface area contributed by atoms with Gasteiger partial charge in [0.05, 0.1) is 35.4 Å². The predicted octanol–water partition coefficient (Wildman–Crippen LogP) is 4.14. The van der Waals surface area contributed by atoms with Crippen LogP contribution in [0.2, 0.25) is 0 Å². The van der Waals surface area contributed by atoms with E-state index in [-0.39, 0.29) is 5.91 Å². The van der Waals surface area contributed by atoms with Gasteiger partial charge in [-0.05, 0) is 30.3 Å². The maximum Gasteiger partial charge on any atom is 0.269 e. The van der Waals surface area contributed by atoms with Crippen molar-refractivity contribution in [2.24, 2.45) is 0 Å². The first-order valence-electron chi connectivity index (χ1n) is 8.70. The van der Waals surface area contributed by atoms with Gasteiger partial charge < -0.3 is 10.1 Å². The lowest BCUT2D eigenvalue weighted by atomic mass is 10.1. The Labute approximate surface area is 166 Å². The summed E-state index contributed by atoms with van der Waals surface area (Å²) >= 11 is 1.52. The van der Waals surface area contributed by atoms with E-state index in [4.69, 9.17) is 4.74 Å². The van der Waals surface area contributed by atoms with Crippen LogP contribution in [0.1, 0.15) is 15.4 Å². The quantitative estimate of drug-likeness (QED) is 0.519. The monoisotopic (exact) mass is 390 g/mol. The van der Waals surface area contributed by atoms with Crippen LogP contribution >= 0.6 is 11.3 Å². The minimum absolute atomic E-state index is 0.209. The van der Waals surface area contributed by atoms with E-state index < -0.39 is 0 Å². The summed E-state index contributed by atoms with van der Waals surface area (Å²) in [6, 6.07) is 19.2. The summed E-state index contributed by atoms with van der Waals surface area (Å²) in [6.07, 6.45) is 0. The highest BCUT2D eigenvalue weighted by atomic mass is 32.1. The normalized spacial score (nSPS) is 10.6. The largest absolute Gasteiger partial charge is 0.497 e. The van der Waals surface area contributed by atoms with Gasteiger partial charge in [0, 0.05) is 11.1 Å². The van der Waals surface area contributed by atoms with Gasteiger partial charge >= 0.3 is 0 Å². The Hall–Kier alpha value is -3.45. The first-order valence-corrected chi connectivity index (χ1v) is 9.58. The number of amides is 1. The van der Waals surface area contributed by atoms with Crippen molar-refractivity contribution in [3.05, 3.63) is 76.7 Å². The number of H-pyrrole nitrogens is 1. The number of nitrogens with one attached hydrogen (secondary N) is 2. The standard InChI is InChI=1S/C21H18N4O2S/c1-27-16-9-7-14(8-10-16)17-11-18(25-24-17)21(26)22-12-19-20(23-13-28-19)15-5-3-2-4-6-15/h2-11,13H,12H2,1H3,(H,22,26)(H,24,25). The first-order chi connectivity index (χ1) is 13.7. The first kappa shape index (κ1) is 17.9. The maximum absolute atomic E-state index is 12.5. The van der Waals surface area contributed by atoms with Crippen LogP contribution in [-0.4, -0.2) is 28.2 Å². The number of thiazole rings is 1. The van der Waals surface area contributed by atoms with E-state index >= 15 is 0 Å². The fourth-order valence-corrected chi connectivity index (χ4v) is 3.55. The number of aromatic nitrogens is 3. The Bertz CT molecular complexity index is 1070. The molecule has 4 aromatic rings. The average Bonchev–Trinajstić information content (AvgIpc) is 3.42. The number of methoxy groups -OCH3 is 1. The summed E-state index contributed by atoms with van der Waals surface area (Å²) in [5.74, 6) is 0.565. The second-order valence-electron chi connectivity index (χ2n) is 6.07. The van der Waals surface area contributed by atoms with Crippen molar-refractivity contribution in [1.82, 2.24) is 20.5 Å². The third-order valence-electron chi connectivity index (χ3n) is 4.31. The highest BCUT2D eigenvalue weighted by Crippen LogP contribution is 2.25. The van der Waals surface area contributed by atoms with Gasteiger partial charge in [0.1, 0.15) is 11.4 Å². The summed E-state index contributed by atoms with van der Waals surface area (Å²) in [7, 11) is 1.62. The van der Waals surface area contributed by atoms with Crippen LogP contribution in [0.15, 0.2) is 66.2 Å². The van der Waals surface area contributed by atoms with E-state index in [0.717, 1.165) is 27.4 Å². The van der Waals surface area contributed by atoms with Crippen LogP contribution in [-0.2, 0) is 6.54 Å². The number of hydrogen-bond donors (Lipinski definition) is 2. The number of nitrogens with zero attached hydrogens (tertiary/aromatic N) is 2. The lowest BCUT2D eigenvalue weighted by Gasteiger charge is -2.04. The van der Waals surface area contributed by atoms with Crippen LogP contribution in [0.4, 0.5) is 0 Å². The number of benzene rings is 2. The molecular weight excluding hydrogens is 372 g/mol. The van der Waals surface area contributed by atoms with Gasteiger partial charge in [-0.25, -0.2) is 4.98 Å². The molecule has 0 unspecified atom stereocenters. The van der Waals surface area contributed by atoms with Crippen LogP contribution in [0.25, 0.3) is 22.5 Å². The molecule has 0 aliphatic rings. The zero-order valence-electron chi connectivity index (χ0n) is 15.2. The summed E-state index contributed by atoms with van der Waals surface area (Å²) in [6.45, 7) is 0.407. The molecule has 0 saturated heterocycles. The molecule has 0 radical (unpaired) electrons. The van der Waals surface area contributed by atoms with Crippen molar-refractivity contribution in [3.63, 3.8) is 0 Å². The Morgan fingerprint density at radius 3 is 2.64 bits per heavy atom. The smallest absolute Gasteiger partial charge is 0.269 e. The van der Waals surface area contributed by atoms with E-state index in [2.05, 4.69) is 20.5 Å². The highest BCUT2D eigenvalue weighted by Gasteiger charge is 2.13. The second-order valence-corrected chi connectivity index (χ2v) is 7.01. The molecule has 2 heterocycles. The molecule has 2 aromatic carbocycles. The van der Waals surface area contributed by atoms with E-state index in [9.17, 15) is 4.79 Å². The lowest BCUT2D eigenvalue weighted by Crippen LogP contribution is -2.23.